The lowest BCUT2D eigenvalue weighted by Crippen LogP contribution is -2.33. The Kier molecular flexibility index (Phi) is 3.34. The van der Waals surface area contributed by atoms with Gasteiger partial charge in [-0.15, -0.1) is 0 Å². The van der Waals surface area contributed by atoms with Crippen LogP contribution in [-0.2, 0) is 25.0 Å². The van der Waals surface area contributed by atoms with Crippen LogP contribution in [0.2, 0.25) is 0 Å². The zero-order valence-corrected chi connectivity index (χ0v) is 12.5. The molecule has 3 heterocycles. The fourth-order valence-electron chi connectivity index (χ4n) is 2.58. The van der Waals surface area contributed by atoms with Crippen molar-refractivity contribution in [2.75, 3.05) is 6.54 Å². The molecule has 1 aliphatic heterocycles. The average Bonchev–Trinajstić information content (AvgIpc) is 2.86. The van der Waals surface area contributed by atoms with Gasteiger partial charge < -0.3 is 4.57 Å². The smallest absolute Gasteiger partial charge is 0.122 e. The molecule has 0 saturated heterocycles. The summed E-state index contributed by atoms with van der Waals surface area (Å²) in [6.45, 7) is 10.6. The molecule has 4 nitrogen and oxygen atoms in total. The van der Waals surface area contributed by atoms with Crippen molar-refractivity contribution in [3.63, 3.8) is 0 Å². The zero-order valence-electron chi connectivity index (χ0n) is 12.5. The van der Waals surface area contributed by atoms with E-state index in [2.05, 4.69) is 58.5 Å². The van der Waals surface area contributed by atoms with Crippen LogP contribution in [0.25, 0.3) is 0 Å². The summed E-state index contributed by atoms with van der Waals surface area (Å²) >= 11 is 0. The van der Waals surface area contributed by atoms with Crippen molar-refractivity contribution in [2.45, 2.75) is 45.8 Å². The Bertz CT molecular complexity index is 577. The number of nitrogens with zero attached hydrogens (tertiary/aromatic N) is 4. The molecule has 0 bridgehead atoms. The minimum Gasteiger partial charge on any atom is -0.333 e. The molecule has 0 aliphatic carbocycles. The molecule has 4 heteroatoms. The summed E-state index contributed by atoms with van der Waals surface area (Å²) in [5.74, 6) is 1.16. The first-order valence-electron chi connectivity index (χ1n) is 7.20. The number of rotatable bonds is 2. The molecule has 0 atom stereocenters. The zero-order chi connectivity index (χ0) is 14.2. The van der Waals surface area contributed by atoms with Crippen LogP contribution in [0, 0.1) is 0 Å². The van der Waals surface area contributed by atoms with Gasteiger partial charge in [0.2, 0.25) is 0 Å². The van der Waals surface area contributed by atoms with E-state index >= 15 is 0 Å². The topological polar surface area (TPSA) is 34.0 Å². The van der Waals surface area contributed by atoms with E-state index in [0.717, 1.165) is 37.7 Å². The SMILES string of the molecule is CC(C)(C)c1ccc(CN2CCn3ccnc3C2)cn1. The molecule has 2 aromatic heterocycles. The van der Waals surface area contributed by atoms with E-state index in [-0.39, 0.29) is 5.41 Å². The maximum absolute atomic E-state index is 4.60. The molecule has 0 unspecified atom stereocenters. The predicted octanol–water partition coefficient (Wildman–Crippen LogP) is 2.59. The Morgan fingerprint density at radius 2 is 2.00 bits per heavy atom. The highest BCUT2D eigenvalue weighted by atomic mass is 15.2. The van der Waals surface area contributed by atoms with Crippen molar-refractivity contribution >= 4 is 0 Å². The van der Waals surface area contributed by atoms with Crippen LogP contribution in [0.1, 0.15) is 37.9 Å². The first-order chi connectivity index (χ1) is 9.52. The highest BCUT2D eigenvalue weighted by Crippen LogP contribution is 2.20. The predicted molar refractivity (Wildman–Crippen MR) is 79.3 cm³/mol. The van der Waals surface area contributed by atoms with Crippen molar-refractivity contribution in [2.24, 2.45) is 0 Å². The number of hydrogen-bond acceptors (Lipinski definition) is 3. The molecule has 0 fully saturated rings. The number of pyridine rings is 1. The largest absolute Gasteiger partial charge is 0.333 e. The number of aromatic nitrogens is 3. The van der Waals surface area contributed by atoms with Crippen LogP contribution < -0.4 is 0 Å². The molecule has 2 aromatic rings. The van der Waals surface area contributed by atoms with E-state index in [1.807, 2.05) is 12.4 Å². The normalized spacial score (nSPS) is 16.1. The van der Waals surface area contributed by atoms with Crippen LogP contribution >= 0.6 is 0 Å². The summed E-state index contributed by atoms with van der Waals surface area (Å²) in [7, 11) is 0. The van der Waals surface area contributed by atoms with Crippen molar-refractivity contribution < 1.29 is 0 Å². The van der Waals surface area contributed by atoms with Crippen LogP contribution in [0.3, 0.4) is 0 Å². The molecule has 0 radical (unpaired) electrons. The van der Waals surface area contributed by atoms with Crippen LogP contribution in [0.5, 0.6) is 0 Å². The number of imidazole rings is 1. The molecule has 106 valence electrons. The van der Waals surface area contributed by atoms with Gasteiger partial charge in [-0.25, -0.2) is 4.98 Å². The molecular formula is C16H22N4. The monoisotopic (exact) mass is 270 g/mol. The molecule has 0 N–H and O–H groups in total. The molecule has 0 saturated carbocycles. The second kappa shape index (κ2) is 5.02. The Morgan fingerprint density at radius 1 is 1.15 bits per heavy atom. The molecule has 3 rings (SSSR count). The van der Waals surface area contributed by atoms with Gasteiger partial charge in [-0.1, -0.05) is 26.8 Å². The van der Waals surface area contributed by atoms with E-state index in [4.69, 9.17) is 0 Å². The molecule has 0 amide bonds. The minimum atomic E-state index is 0.119. The summed E-state index contributed by atoms with van der Waals surface area (Å²) in [5.41, 5.74) is 2.54. The minimum absolute atomic E-state index is 0.119. The van der Waals surface area contributed by atoms with E-state index in [9.17, 15) is 0 Å². The second-order valence-electron chi connectivity index (χ2n) is 6.55. The Hall–Kier alpha value is -1.68. The number of fused-ring (bicyclic) bond motifs is 1. The van der Waals surface area contributed by atoms with Gasteiger partial charge in [-0.05, 0) is 11.6 Å². The fourth-order valence-corrected chi connectivity index (χ4v) is 2.58. The first-order valence-corrected chi connectivity index (χ1v) is 7.20. The highest BCUT2D eigenvalue weighted by Gasteiger charge is 2.18. The Balaban J connectivity index is 1.67. The van der Waals surface area contributed by atoms with Gasteiger partial charge in [-0.2, -0.15) is 0 Å². The van der Waals surface area contributed by atoms with Crippen molar-refractivity contribution in [3.8, 4) is 0 Å². The summed E-state index contributed by atoms with van der Waals surface area (Å²) in [5, 5.41) is 0. The first kappa shape index (κ1) is 13.3. The van der Waals surface area contributed by atoms with Crippen LogP contribution in [0.15, 0.2) is 30.7 Å². The van der Waals surface area contributed by atoms with Gasteiger partial charge in [-0.3, -0.25) is 9.88 Å². The quantitative estimate of drug-likeness (QED) is 0.841. The van der Waals surface area contributed by atoms with Gasteiger partial charge in [0.05, 0.1) is 6.54 Å². The standard InChI is InChI=1S/C16H22N4/c1-16(2,3)14-5-4-13(10-18-14)11-19-8-9-20-7-6-17-15(20)12-19/h4-7,10H,8-9,11-12H2,1-3H3. The molecule has 0 spiro atoms. The van der Waals surface area contributed by atoms with E-state index < -0.39 is 0 Å². The van der Waals surface area contributed by atoms with Gasteiger partial charge in [0.1, 0.15) is 5.82 Å². The summed E-state index contributed by atoms with van der Waals surface area (Å²) in [4.78, 5) is 11.4. The van der Waals surface area contributed by atoms with Gasteiger partial charge >= 0.3 is 0 Å². The van der Waals surface area contributed by atoms with Crippen LogP contribution in [0.4, 0.5) is 0 Å². The second-order valence-corrected chi connectivity index (χ2v) is 6.55. The van der Waals surface area contributed by atoms with Crippen molar-refractivity contribution in [1.29, 1.82) is 0 Å². The maximum atomic E-state index is 4.60. The maximum Gasteiger partial charge on any atom is 0.122 e. The summed E-state index contributed by atoms with van der Waals surface area (Å²) < 4.78 is 2.23. The highest BCUT2D eigenvalue weighted by molar-refractivity contribution is 5.19. The number of hydrogen-bond donors (Lipinski definition) is 0. The van der Waals surface area contributed by atoms with Gasteiger partial charge in [0.25, 0.3) is 0 Å². The summed E-state index contributed by atoms with van der Waals surface area (Å²) in [6, 6.07) is 4.36. The fraction of sp³-hybridized carbons (Fsp3) is 0.500. The van der Waals surface area contributed by atoms with E-state index in [1.54, 1.807) is 0 Å². The third kappa shape index (κ3) is 2.75. The Labute approximate surface area is 120 Å². The lowest BCUT2D eigenvalue weighted by atomic mass is 9.91. The molecule has 1 aliphatic rings. The lowest BCUT2D eigenvalue weighted by Gasteiger charge is -2.27. The van der Waals surface area contributed by atoms with Gasteiger partial charge in [0.15, 0.2) is 0 Å². The van der Waals surface area contributed by atoms with Crippen molar-refractivity contribution in [3.05, 3.63) is 47.8 Å². The Morgan fingerprint density at radius 3 is 2.70 bits per heavy atom. The van der Waals surface area contributed by atoms with Crippen molar-refractivity contribution in [1.82, 2.24) is 19.4 Å². The lowest BCUT2D eigenvalue weighted by molar-refractivity contribution is 0.208. The van der Waals surface area contributed by atoms with Crippen LogP contribution in [-0.4, -0.2) is 26.0 Å². The summed E-state index contributed by atoms with van der Waals surface area (Å²) in [6.07, 6.45) is 5.96. The van der Waals surface area contributed by atoms with E-state index in [1.165, 1.54) is 5.56 Å². The average molecular weight is 270 g/mol. The molecule has 20 heavy (non-hydrogen) atoms. The molecule has 0 aromatic carbocycles. The van der Waals surface area contributed by atoms with Gasteiger partial charge in [0, 0.05) is 49.3 Å². The van der Waals surface area contributed by atoms with E-state index in [0.29, 0.717) is 0 Å². The third-order valence-electron chi connectivity index (χ3n) is 3.82. The molecular weight excluding hydrogens is 248 g/mol. The third-order valence-corrected chi connectivity index (χ3v) is 3.82.